The monoisotopic (exact) mass is 195 g/mol. The zero-order valence-corrected chi connectivity index (χ0v) is 8.09. The Balaban J connectivity index is 3.14. The summed E-state index contributed by atoms with van der Waals surface area (Å²) in [4.78, 5) is 0. The number of allylic oxidation sites excluding steroid dienone is 1. The molecule has 0 aliphatic heterocycles. The SMILES string of the molecule is [CH2]C(C=C)c1cccc(CO)c1Cl. The average Bonchev–Trinajstić information content (AvgIpc) is 2.17. The van der Waals surface area contributed by atoms with Crippen molar-refractivity contribution in [1.82, 2.24) is 0 Å². The second-order valence-electron chi connectivity index (χ2n) is 2.82. The van der Waals surface area contributed by atoms with Crippen LogP contribution in [0.4, 0.5) is 0 Å². The molecule has 0 aromatic heterocycles. The van der Waals surface area contributed by atoms with Gasteiger partial charge in [0.2, 0.25) is 0 Å². The van der Waals surface area contributed by atoms with E-state index in [4.69, 9.17) is 16.7 Å². The van der Waals surface area contributed by atoms with Crippen LogP contribution in [-0.4, -0.2) is 5.11 Å². The molecule has 0 bridgehead atoms. The maximum absolute atomic E-state index is 8.97. The first-order valence-corrected chi connectivity index (χ1v) is 4.42. The number of aliphatic hydroxyl groups is 1. The lowest BCUT2D eigenvalue weighted by Crippen LogP contribution is -1.94. The Labute approximate surface area is 83.7 Å². The molecular formula is C11H12ClO. The molecule has 0 aliphatic carbocycles. The van der Waals surface area contributed by atoms with E-state index >= 15 is 0 Å². The molecule has 0 heterocycles. The van der Waals surface area contributed by atoms with Gasteiger partial charge in [-0.2, -0.15) is 0 Å². The first kappa shape index (κ1) is 10.3. The number of rotatable bonds is 3. The second-order valence-corrected chi connectivity index (χ2v) is 3.20. The van der Waals surface area contributed by atoms with Crippen LogP contribution in [0.1, 0.15) is 17.0 Å². The van der Waals surface area contributed by atoms with Crippen LogP contribution in [0.2, 0.25) is 5.02 Å². The molecule has 0 saturated carbocycles. The zero-order valence-electron chi connectivity index (χ0n) is 7.33. The first-order chi connectivity index (χ1) is 6.20. The summed E-state index contributed by atoms with van der Waals surface area (Å²) in [6, 6.07) is 5.54. The van der Waals surface area contributed by atoms with Crippen molar-refractivity contribution in [3.05, 3.63) is 53.9 Å². The summed E-state index contributed by atoms with van der Waals surface area (Å²) in [5, 5.41) is 9.55. The van der Waals surface area contributed by atoms with Crippen molar-refractivity contribution < 1.29 is 5.11 Å². The first-order valence-electron chi connectivity index (χ1n) is 4.04. The van der Waals surface area contributed by atoms with Gasteiger partial charge in [0.25, 0.3) is 0 Å². The van der Waals surface area contributed by atoms with Gasteiger partial charge in [-0.3, -0.25) is 0 Å². The number of benzene rings is 1. The molecule has 0 saturated heterocycles. The highest BCUT2D eigenvalue weighted by molar-refractivity contribution is 6.32. The highest BCUT2D eigenvalue weighted by Crippen LogP contribution is 2.27. The van der Waals surface area contributed by atoms with Crippen molar-refractivity contribution in [3.63, 3.8) is 0 Å². The minimum Gasteiger partial charge on any atom is -0.392 e. The Morgan fingerprint density at radius 2 is 2.23 bits per heavy atom. The van der Waals surface area contributed by atoms with Gasteiger partial charge in [0, 0.05) is 10.9 Å². The van der Waals surface area contributed by atoms with Crippen molar-refractivity contribution in [1.29, 1.82) is 0 Å². The second kappa shape index (κ2) is 4.45. The molecule has 1 radical (unpaired) electrons. The molecule has 2 heteroatoms. The molecule has 0 amide bonds. The van der Waals surface area contributed by atoms with Crippen LogP contribution in [0.25, 0.3) is 0 Å². The summed E-state index contributed by atoms with van der Waals surface area (Å²) in [6.45, 7) is 7.48. The van der Waals surface area contributed by atoms with E-state index in [2.05, 4.69) is 13.5 Å². The van der Waals surface area contributed by atoms with Crippen LogP contribution in [-0.2, 0) is 6.61 Å². The molecule has 1 unspecified atom stereocenters. The van der Waals surface area contributed by atoms with Crippen LogP contribution in [0.3, 0.4) is 0 Å². The fourth-order valence-electron chi connectivity index (χ4n) is 1.14. The Hall–Kier alpha value is -0.790. The van der Waals surface area contributed by atoms with Crippen molar-refractivity contribution in [2.75, 3.05) is 0 Å². The zero-order chi connectivity index (χ0) is 9.84. The summed E-state index contributed by atoms with van der Waals surface area (Å²) >= 11 is 6.03. The molecule has 1 atom stereocenters. The molecule has 0 spiro atoms. The number of hydrogen-bond donors (Lipinski definition) is 1. The lowest BCUT2D eigenvalue weighted by molar-refractivity contribution is 0.282. The molecule has 1 N–H and O–H groups in total. The number of aliphatic hydroxyl groups excluding tert-OH is 1. The molecule has 0 aliphatic rings. The van der Waals surface area contributed by atoms with Crippen molar-refractivity contribution >= 4 is 11.6 Å². The van der Waals surface area contributed by atoms with Crippen molar-refractivity contribution in [3.8, 4) is 0 Å². The predicted octanol–water partition coefficient (Wildman–Crippen LogP) is 2.94. The molecule has 1 aromatic rings. The third-order valence-corrected chi connectivity index (χ3v) is 2.42. The molecule has 13 heavy (non-hydrogen) atoms. The fourth-order valence-corrected chi connectivity index (χ4v) is 1.46. The molecule has 1 nitrogen and oxygen atoms in total. The fraction of sp³-hybridized carbons (Fsp3) is 0.182. The maximum Gasteiger partial charge on any atom is 0.0696 e. The van der Waals surface area contributed by atoms with Crippen molar-refractivity contribution in [2.45, 2.75) is 12.5 Å². The lowest BCUT2D eigenvalue weighted by atomic mass is 9.99. The van der Waals surface area contributed by atoms with Crippen molar-refractivity contribution in [2.24, 2.45) is 0 Å². The van der Waals surface area contributed by atoms with E-state index in [1.165, 1.54) is 0 Å². The van der Waals surface area contributed by atoms with E-state index in [0.717, 1.165) is 11.1 Å². The van der Waals surface area contributed by atoms with E-state index in [1.807, 2.05) is 12.1 Å². The normalized spacial score (nSPS) is 12.5. The van der Waals surface area contributed by atoms with Crippen LogP contribution in [0.15, 0.2) is 30.9 Å². The quantitative estimate of drug-likeness (QED) is 0.736. The number of halogens is 1. The van der Waals surface area contributed by atoms with Crippen LogP contribution in [0.5, 0.6) is 0 Å². The summed E-state index contributed by atoms with van der Waals surface area (Å²) in [5.41, 5.74) is 1.64. The average molecular weight is 196 g/mol. The van der Waals surface area contributed by atoms with Crippen LogP contribution < -0.4 is 0 Å². The topological polar surface area (TPSA) is 20.2 Å². The van der Waals surface area contributed by atoms with E-state index in [9.17, 15) is 0 Å². The van der Waals surface area contributed by atoms with Gasteiger partial charge in [0.1, 0.15) is 0 Å². The Bertz CT molecular complexity index is 307. The largest absolute Gasteiger partial charge is 0.392 e. The third kappa shape index (κ3) is 2.11. The summed E-state index contributed by atoms with van der Waals surface area (Å²) in [7, 11) is 0. The van der Waals surface area contributed by atoms with Gasteiger partial charge in [-0.1, -0.05) is 35.9 Å². The molecular weight excluding hydrogens is 184 g/mol. The summed E-state index contributed by atoms with van der Waals surface area (Å²) < 4.78 is 0. The highest BCUT2D eigenvalue weighted by Gasteiger charge is 2.08. The van der Waals surface area contributed by atoms with Gasteiger partial charge in [-0.25, -0.2) is 0 Å². The Morgan fingerprint density at radius 3 is 2.77 bits per heavy atom. The maximum atomic E-state index is 8.97. The summed E-state index contributed by atoms with van der Waals surface area (Å²) in [6.07, 6.45) is 1.72. The van der Waals surface area contributed by atoms with Gasteiger partial charge in [-0.05, 0) is 18.1 Å². The standard InChI is InChI=1S/C11H12ClO/c1-3-8(2)10-6-4-5-9(7-13)11(10)12/h3-6,8,13H,1-2,7H2. The Morgan fingerprint density at radius 1 is 1.54 bits per heavy atom. The van der Waals surface area contributed by atoms with Crippen LogP contribution >= 0.6 is 11.6 Å². The molecule has 69 valence electrons. The minimum atomic E-state index is -0.0451. The molecule has 1 rings (SSSR count). The van der Waals surface area contributed by atoms with Gasteiger partial charge in [0.05, 0.1) is 6.61 Å². The Kier molecular flexibility index (Phi) is 3.52. The third-order valence-electron chi connectivity index (χ3n) is 1.96. The molecule has 1 aromatic carbocycles. The smallest absolute Gasteiger partial charge is 0.0696 e. The lowest BCUT2D eigenvalue weighted by Gasteiger charge is -2.10. The van der Waals surface area contributed by atoms with Crippen LogP contribution in [0, 0.1) is 6.92 Å². The van der Waals surface area contributed by atoms with Gasteiger partial charge in [0.15, 0.2) is 0 Å². The highest BCUT2D eigenvalue weighted by atomic mass is 35.5. The predicted molar refractivity (Wildman–Crippen MR) is 55.7 cm³/mol. The van der Waals surface area contributed by atoms with Gasteiger partial charge < -0.3 is 5.11 Å². The van der Waals surface area contributed by atoms with E-state index < -0.39 is 0 Å². The van der Waals surface area contributed by atoms with Gasteiger partial charge >= 0.3 is 0 Å². The molecule has 0 fully saturated rings. The van der Waals surface area contributed by atoms with E-state index in [1.54, 1.807) is 12.1 Å². The number of hydrogen-bond acceptors (Lipinski definition) is 1. The van der Waals surface area contributed by atoms with Gasteiger partial charge in [-0.15, -0.1) is 6.58 Å². The minimum absolute atomic E-state index is 0.0287. The summed E-state index contributed by atoms with van der Waals surface area (Å²) in [5.74, 6) is -0.0287. The van der Waals surface area contributed by atoms with E-state index in [0.29, 0.717) is 5.02 Å². The van der Waals surface area contributed by atoms with E-state index in [-0.39, 0.29) is 12.5 Å².